The van der Waals surface area contributed by atoms with Gasteiger partial charge >= 0.3 is 0 Å². The Kier molecular flexibility index (Phi) is 4.63. The average Bonchev–Trinajstić information content (AvgIpc) is 2.69. The molecule has 0 aromatic heterocycles. The largest absolute Gasteiger partial charge is 0.322 e. The summed E-state index contributed by atoms with van der Waals surface area (Å²) in [5, 5.41) is 9.70. The van der Waals surface area contributed by atoms with Crippen molar-refractivity contribution in [3.8, 4) is 0 Å². The summed E-state index contributed by atoms with van der Waals surface area (Å²) < 4.78 is 0. The number of anilines is 1. The van der Waals surface area contributed by atoms with E-state index in [2.05, 4.69) is 34.2 Å². The molecule has 4 heteroatoms. The molecule has 0 saturated carbocycles. The second-order valence-electron chi connectivity index (χ2n) is 6.63. The molecule has 4 rings (SSSR count). The van der Waals surface area contributed by atoms with Crippen molar-refractivity contribution in [1.82, 2.24) is 10.6 Å². The molecular formula is C21H23N3O. The second kappa shape index (κ2) is 7.21. The van der Waals surface area contributed by atoms with Crippen LogP contribution in [0.5, 0.6) is 0 Å². The number of hydrogen-bond donors (Lipinski definition) is 3. The summed E-state index contributed by atoms with van der Waals surface area (Å²) in [5.41, 5.74) is 6.76. The number of fused-ring (bicyclic) bond motifs is 1. The summed E-state index contributed by atoms with van der Waals surface area (Å²) in [4.78, 5) is 12.5. The van der Waals surface area contributed by atoms with Crippen LogP contribution in [0, 0.1) is 0 Å². The molecule has 2 aromatic rings. The van der Waals surface area contributed by atoms with Crippen molar-refractivity contribution in [2.45, 2.75) is 19.4 Å². The molecule has 0 spiro atoms. The minimum absolute atomic E-state index is 0.0606. The Bertz CT molecular complexity index is 808. The molecule has 2 aliphatic heterocycles. The lowest BCUT2D eigenvalue weighted by molar-refractivity contribution is 0.102. The molecule has 4 nitrogen and oxygen atoms in total. The van der Waals surface area contributed by atoms with Gasteiger partial charge in [-0.2, -0.15) is 0 Å². The van der Waals surface area contributed by atoms with Gasteiger partial charge in [0, 0.05) is 24.3 Å². The van der Waals surface area contributed by atoms with Gasteiger partial charge in [0.15, 0.2) is 0 Å². The maximum atomic E-state index is 12.5. The smallest absolute Gasteiger partial charge is 0.255 e. The Hall–Kier alpha value is -2.43. The van der Waals surface area contributed by atoms with Crippen LogP contribution < -0.4 is 16.0 Å². The van der Waals surface area contributed by atoms with Crippen LogP contribution in [-0.4, -0.2) is 25.5 Å². The van der Waals surface area contributed by atoms with E-state index in [0.717, 1.165) is 44.7 Å². The standard InChI is InChI=1S/C21H23N3O/c25-21(24-20-6-5-16-9-12-23-14-19(16)13-20)18-3-1-15(2-4-18)17-7-10-22-11-8-17/h1-7,13,22-23H,8-12,14H2,(H,24,25). The normalized spacial score (nSPS) is 16.7. The van der Waals surface area contributed by atoms with Crippen molar-refractivity contribution in [2.24, 2.45) is 0 Å². The zero-order valence-corrected chi connectivity index (χ0v) is 14.3. The lowest BCUT2D eigenvalue weighted by atomic mass is 9.99. The van der Waals surface area contributed by atoms with Crippen LogP contribution >= 0.6 is 0 Å². The predicted octanol–water partition coefficient (Wildman–Crippen LogP) is 2.96. The van der Waals surface area contributed by atoms with Gasteiger partial charge in [-0.25, -0.2) is 0 Å². The molecule has 0 saturated heterocycles. The highest BCUT2D eigenvalue weighted by Gasteiger charge is 2.12. The van der Waals surface area contributed by atoms with Crippen molar-refractivity contribution in [3.05, 3.63) is 70.8 Å². The minimum atomic E-state index is -0.0606. The fraction of sp³-hybridized carbons (Fsp3) is 0.286. The van der Waals surface area contributed by atoms with E-state index in [0.29, 0.717) is 5.56 Å². The molecule has 0 fully saturated rings. The topological polar surface area (TPSA) is 53.2 Å². The summed E-state index contributed by atoms with van der Waals surface area (Å²) in [6.07, 6.45) is 4.31. The monoisotopic (exact) mass is 333 g/mol. The number of hydrogen-bond acceptors (Lipinski definition) is 3. The summed E-state index contributed by atoms with van der Waals surface area (Å²) >= 11 is 0. The van der Waals surface area contributed by atoms with Crippen LogP contribution in [0.1, 0.15) is 33.5 Å². The summed E-state index contributed by atoms with van der Waals surface area (Å²) in [6.45, 7) is 3.83. The van der Waals surface area contributed by atoms with Crippen LogP contribution in [0.25, 0.3) is 5.57 Å². The highest BCUT2D eigenvalue weighted by atomic mass is 16.1. The average molecular weight is 333 g/mol. The number of amides is 1. The molecule has 2 aliphatic rings. The van der Waals surface area contributed by atoms with Gasteiger partial charge in [0.05, 0.1) is 0 Å². The minimum Gasteiger partial charge on any atom is -0.322 e. The summed E-state index contributed by atoms with van der Waals surface area (Å²) in [6, 6.07) is 14.1. The van der Waals surface area contributed by atoms with Gasteiger partial charge in [0.1, 0.15) is 0 Å². The molecule has 0 radical (unpaired) electrons. The number of benzene rings is 2. The Morgan fingerprint density at radius 2 is 1.76 bits per heavy atom. The Labute approximate surface area is 148 Å². The molecule has 2 aromatic carbocycles. The number of carbonyl (C=O) groups excluding carboxylic acids is 1. The van der Waals surface area contributed by atoms with E-state index in [4.69, 9.17) is 0 Å². The van der Waals surface area contributed by atoms with Crippen LogP contribution in [0.2, 0.25) is 0 Å². The SMILES string of the molecule is O=C(Nc1ccc2c(c1)CNCC2)c1ccc(C2=CCNCC2)cc1. The zero-order chi connectivity index (χ0) is 17.1. The summed E-state index contributed by atoms with van der Waals surface area (Å²) in [5.74, 6) is -0.0606. The third-order valence-corrected chi connectivity index (χ3v) is 4.93. The van der Waals surface area contributed by atoms with Crippen molar-refractivity contribution in [2.75, 3.05) is 25.0 Å². The zero-order valence-electron chi connectivity index (χ0n) is 14.3. The van der Waals surface area contributed by atoms with Gasteiger partial charge in [0.25, 0.3) is 5.91 Å². The van der Waals surface area contributed by atoms with E-state index in [1.165, 1.54) is 22.3 Å². The first-order valence-electron chi connectivity index (χ1n) is 8.94. The quantitative estimate of drug-likeness (QED) is 0.809. The molecule has 2 heterocycles. The van der Waals surface area contributed by atoms with Crippen molar-refractivity contribution in [1.29, 1.82) is 0 Å². The molecule has 3 N–H and O–H groups in total. The van der Waals surface area contributed by atoms with Crippen LogP contribution in [0.15, 0.2) is 48.5 Å². The lowest BCUT2D eigenvalue weighted by Gasteiger charge is -2.18. The van der Waals surface area contributed by atoms with Crippen molar-refractivity contribution >= 4 is 17.2 Å². The molecule has 0 bridgehead atoms. The lowest BCUT2D eigenvalue weighted by Crippen LogP contribution is -2.23. The molecule has 25 heavy (non-hydrogen) atoms. The van der Waals surface area contributed by atoms with Gasteiger partial charge in [0.2, 0.25) is 0 Å². The van der Waals surface area contributed by atoms with E-state index < -0.39 is 0 Å². The van der Waals surface area contributed by atoms with Gasteiger partial charge in [-0.3, -0.25) is 4.79 Å². The van der Waals surface area contributed by atoms with Gasteiger partial charge < -0.3 is 16.0 Å². The van der Waals surface area contributed by atoms with E-state index in [-0.39, 0.29) is 5.91 Å². The molecule has 128 valence electrons. The number of carbonyl (C=O) groups is 1. The van der Waals surface area contributed by atoms with E-state index >= 15 is 0 Å². The fourth-order valence-electron chi connectivity index (χ4n) is 3.48. The second-order valence-corrected chi connectivity index (χ2v) is 6.63. The van der Waals surface area contributed by atoms with Gasteiger partial charge in [-0.15, -0.1) is 0 Å². The Morgan fingerprint density at radius 3 is 2.56 bits per heavy atom. The maximum absolute atomic E-state index is 12.5. The molecule has 1 amide bonds. The van der Waals surface area contributed by atoms with E-state index in [1.54, 1.807) is 0 Å². The molecule has 0 atom stereocenters. The first-order chi connectivity index (χ1) is 12.3. The first-order valence-corrected chi connectivity index (χ1v) is 8.94. The van der Waals surface area contributed by atoms with Crippen molar-refractivity contribution in [3.63, 3.8) is 0 Å². The molecule has 0 unspecified atom stereocenters. The summed E-state index contributed by atoms with van der Waals surface area (Å²) in [7, 11) is 0. The Morgan fingerprint density at radius 1 is 0.920 bits per heavy atom. The van der Waals surface area contributed by atoms with E-state index in [1.807, 2.05) is 30.3 Å². The van der Waals surface area contributed by atoms with Crippen LogP contribution in [-0.2, 0) is 13.0 Å². The number of rotatable bonds is 3. The third-order valence-electron chi connectivity index (χ3n) is 4.93. The van der Waals surface area contributed by atoms with Gasteiger partial charge in [-0.05, 0) is 72.5 Å². The highest BCUT2D eigenvalue weighted by Crippen LogP contribution is 2.22. The Balaban J connectivity index is 1.46. The maximum Gasteiger partial charge on any atom is 0.255 e. The van der Waals surface area contributed by atoms with Crippen LogP contribution in [0.4, 0.5) is 5.69 Å². The number of nitrogens with one attached hydrogen (secondary N) is 3. The molecular weight excluding hydrogens is 310 g/mol. The third kappa shape index (κ3) is 3.65. The fourth-order valence-corrected chi connectivity index (χ4v) is 3.48. The highest BCUT2D eigenvalue weighted by molar-refractivity contribution is 6.04. The molecule has 0 aliphatic carbocycles. The van der Waals surface area contributed by atoms with Crippen LogP contribution in [0.3, 0.4) is 0 Å². The van der Waals surface area contributed by atoms with Gasteiger partial charge in [-0.1, -0.05) is 24.3 Å². The predicted molar refractivity (Wildman–Crippen MR) is 102 cm³/mol. The first kappa shape index (κ1) is 16.1. The van der Waals surface area contributed by atoms with Crippen molar-refractivity contribution < 1.29 is 4.79 Å². The van der Waals surface area contributed by atoms with E-state index in [9.17, 15) is 4.79 Å².